The van der Waals surface area contributed by atoms with Crippen molar-refractivity contribution < 1.29 is 23.1 Å². The highest BCUT2D eigenvalue weighted by Crippen LogP contribution is 2.29. The van der Waals surface area contributed by atoms with Gasteiger partial charge in [0.2, 0.25) is 5.88 Å². The number of carbonyl (C=O) groups excluding carboxylic acids is 2. The van der Waals surface area contributed by atoms with Gasteiger partial charge in [0.1, 0.15) is 34.3 Å². The number of ether oxygens (including phenoxy) is 1. The summed E-state index contributed by atoms with van der Waals surface area (Å²) in [7, 11) is 0. The van der Waals surface area contributed by atoms with E-state index in [9.17, 15) is 18.4 Å². The summed E-state index contributed by atoms with van der Waals surface area (Å²) in [5.74, 6) is -1.39. The van der Waals surface area contributed by atoms with E-state index in [0.717, 1.165) is 69.0 Å². The smallest absolute Gasteiger partial charge is 0.271 e. The molecular formula is C39H41F2N7O3. The second-order valence-corrected chi connectivity index (χ2v) is 13.3. The lowest BCUT2D eigenvalue weighted by molar-refractivity contribution is 0.0888. The Morgan fingerprint density at radius 3 is 2.35 bits per heavy atom. The summed E-state index contributed by atoms with van der Waals surface area (Å²) < 4.78 is 35.4. The van der Waals surface area contributed by atoms with E-state index in [4.69, 9.17) is 4.74 Å². The number of fused-ring (bicyclic) bond motifs is 1. The largest absolute Gasteiger partial charge is 0.438 e. The molecule has 0 unspecified atom stereocenters. The lowest BCUT2D eigenvalue weighted by Gasteiger charge is -2.29. The summed E-state index contributed by atoms with van der Waals surface area (Å²) in [6, 6.07) is 19.7. The van der Waals surface area contributed by atoms with Crippen molar-refractivity contribution in [3.63, 3.8) is 0 Å². The van der Waals surface area contributed by atoms with Gasteiger partial charge in [-0.2, -0.15) is 0 Å². The topological polar surface area (TPSA) is 113 Å². The zero-order chi connectivity index (χ0) is 35.2. The van der Waals surface area contributed by atoms with Gasteiger partial charge in [-0.3, -0.25) is 9.59 Å². The zero-order valence-electron chi connectivity index (χ0n) is 28.3. The third kappa shape index (κ3) is 8.76. The molecule has 2 amide bonds. The van der Waals surface area contributed by atoms with Gasteiger partial charge < -0.3 is 30.0 Å². The van der Waals surface area contributed by atoms with Crippen LogP contribution in [0.2, 0.25) is 0 Å². The molecule has 1 saturated carbocycles. The molecule has 2 aromatic carbocycles. The Hall–Kier alpha value is -5.20. The fraction of sp³-hybridized carbons (Fsp3) is 0.333. The normalized spacial score (nSPS) is 18.0. The first-order valence-electron chi connectivity index (χ1n) is 17.6. The molecule has 0 bridgehead atoms. The molecule has 3 N–H and O–H groups in total. The molecule has 7 rings (SSSR count). The molecule has 1 aliphatic carbocycles. The van der Waals surface area contributed by atoms with Crippen molar-refractivity contribution in [1.82, 2.24) is 35.2 Å². The van der Waals surface area contributed by atoms with E-state index in [1.807, 2.05) is 18.2 Å². The fourth-order valence-electron chi connectivity index (χ4n) is 6.81. The van der Waals surface area contributed by atoms with Crippen LogP contribution in [0.1, 0.15) is 58.5 Å². The van der Waals surface area contributed by atoms with Gasteiger partial charge in [-0.1, -0.05) is 36.4 Å². The van der Waals surface area contributed by atoms with E-state index in [1.54, 1.807) is 6.07 Å². The molecule has 51 heavy (non-hydrogen) atoms. The van der Waals surface area contributed by atoms with Crippen LogP contribution < -0.4 is 20.7 Å². The minimum Gasteiger partial charge on any atom is -0.438 e. The number of hydrogen-bond donors (Lipinski definition) is 3. The lowest BCUT2D eigenvalue weighted by atomic mass is 9.91. The van der Waals surface area contributed by atoms with Crippen LogP contribution in [0, 0.1) is 11.6 Å². The van der Waals surface area contributed by atoms with Crippen LogP contribution in [-0.4, -0.2) is 75.9 Å². The van der Waals surface area contributed by atoms with Gasteiger partial charge in [0.15, 0.2) is 0 Å². The fourth-order valence-corrected chi connectivity index (χ4v) is 6.81. The highest BCUT2D eigenvalue weighted by molar-refractivity contribution is 5.96. The molecule has 1 saturated heterocycles. The first-order valence-corrected chi connectivity index (χ1v) is 17.6. The molecule has 0 spiro atoms. The zero-order valence-corrected chi connectivity index (χ0v) is 28.3. The average molecular weight is 694 g/mol. The van der Waals surface area contributed by atoms with Crippen LogP contribution in [0.25, 0.3) is 16.8 Å². The Labute approximate surface area is 295 Å². The lowest BCUT2D eigenvalue weighted by Crippen LogP contribution is -2.44. The minimum absolute atomic E-state index is 0.00397. The Morgan fingerprint density at radius 2 is 1.59 bits per heavy atom. The number of benzene rings is 2. The van der Waals surface area contributed by atoms with Crippen molar-refractivity contribution in [3.05, 3.63) is 114 Å². The minimum atomic E-state index is -0.643. The summed E-state index contributed by atoms with van der Waals surface area (Å²) in [6.45, 7) is 5.46. The van der Waals surface area contributed by atoms with Crippen molar-refractivity contribution in [2.45, 2.75) is 50.6 Å². The van der Waals surface area contributed by atoms with Crippen molar-refractivity contribution in [2.24, 2.45) is 0 Å². The number of piperazine rings is 1. The summed E-state index contributed by atoms with van der Waals surface area (Å²) in [5, 5.41) is 9.39. The second-order valence-electron chi connectivity index (χ2n) is 13.3. The number of pyridine rings is 2. The Morgan fingerprint density at radius 1 is 0.843 bits per heavy atom. The molecule has 2 fully saturated rings. The number of nitrogens with zero attached hydrogens (tertiary/aromatic N) is 4. The molecule has 1 aliphatic heterocycles. The van der Waals surface area contributed by atoms with Crippen molar-refractivity contribution in [1.29, 1.82) is 0 Å². The van der Waals surface area contributed by atoms with Gasteiger partial charge in [-0.15, -0.1) is 0 Å². The van der Waals surface area contributed by atoms with Crippen LogP contribution in [0.3, 0.4) is 0 Å². The quantitative estimate of drug-likeness (QED) is 0.161. The highest BCUT2D eigenvalue weighted by Gasteiger charge is 2.26. The second kappa shape index (κ2) is 15.8. The number of hydrogen-bond acceptors (Lipinski definition) is 7. The number of halogens is 2. The van der Waals surface area contributed by atoms with E-state index < -0.39 is 17.5 Å². The van der Waals surface area contributed by atoms with E-state index in [0.29, 0.717) is 37.1 Å². The van der Waals surface area contributed by atoms with Crippen molar-refractivity contribution in [3.8, 4) is 22.8 Å². The van der Waals surface area contributed by atoms with Gasteiger partial charge in [-0.05, 0) is 92.1 Å². The van der Waals surface area contributed by atoms with Crippen LogP contribution in [0.5, 0.6) is 11.6 Å². The number of aromatic nitrogens is 3. The summed E-state index contributed by atoms with van der Waals surface area (Å²) >= 11 is 0. The van der Waals surface area contributed by atoms with Crippen molar-refractivity contribution in [2.75, 3.05) is 32.7 Å². The van der Waals surface area contributed by atoms with E-state index >= 15 is 0 Å². The summed E-state index contributed by atoms with van der Waals surface area (Å²) in [6.07, 6.45) is 8.44. The third-order valence-corrected chi connectivity index (χ3v) is 9.59. The molecule has 0 radical (unpaired) electrons. The maximum atomic E-state index is 14.3. The van der Waals surface area contributed by atoms with E-state index in [1.165, 1.54) is 34.5 Å². The Kier molecular flexibility index (Phi) is 10.6. The third-order valence-electron chi connectivity index (χ3n) is 9.59. The van der Waals surface area contributed by atoms with Crippen LogP contribution in [-0.2, 0) is 6.42 Å². The summed E-state index contributed by atoms with van der Waals surface area (Å²) in [4.78, 5) is 37.1. The molecule has 0 atom stereocenters. The van der Waals surface area contributed by atoms with Gasteiger partial charge in [-0.25, -0.2) is 18.7 Å². The predicted molar refractivity (Wildman–Crippen MR) is 190 cm³/mol. The van der Waals surface area contributed by atoms with Gasteiger partial charge >= 0.3 is 0 Å². The SMILES string of the molecule is O=C(N[C@H]1CC[C@@H](NC(=O)c2cc(F)cnc2Oc2cccc(-c3ccc(CCCN4CCNCC4)cc3)c2)CC1)c1cn2cc(F)ccc2n1. The van der Waals surface area contributed by atoms with Crippen LogP contribution >= 0.6 is 0 Å². The van der Waals surface area contributed by atoms with Crippen LogP contribution in [0.15, 0.2) is 85.3 Å². The van der Waals surface area contributed by atoms with Gasteiger partial charge in [0.05, 0.1) is 6.20 Å². The molecule has 12 heteroatoms. The van der Waals surface area contributed by atoms with Gasteiger partial charge in [0.25, 0.3) is 11.8 Å². The first kappa shape index (κ1) is 34.3. The predicted octanol–water partition coefficient (Wildman–Crippen LogP) is 5.78. The molecule has 264 valence electrons. The number of carbonyl (C=O) groups is 2. The standard InChI is InChI=1S/C39H41F2N7O3/c40-29-10-15-36-46-35(25-48(36)24-29)38(50)45-32-13-11-31(12-14-32)44-37(49)34-22-30(41)23-43-39(34)51-33-5-1-4-28(21-33)27-8-6-26(7-9-27)3-2-18-47-19-16-42-17-20-47/h1,4-10,15,21-25,31-32,42H,2-3,11-14,16-20H2,(H,44,49)(H,45,50)/t31-,32+. The van der Waals surface area contributed by atoms with Gasteiger partial charge in [0, 0.05) is 50.7 Å². The number of imidazole rings is 1. The monoisotopic (exact) mass is 693 g/mol. The maximum absolute atomic E-state index is 14.3. The number of rotatable bonds is 11. The number of amides is 2. The molecular weight excluding hydrogens is 652 g/mol. The molecule has 3 aromatic heterocycles. The molecule has 2 aliphatic rings. The first-order chi connectivity index (χ1) is 24.9. The summed E-state index contributed by atoms with van der Waals surface area (Å²) in [5.41, 5.74) is 3.98. The highest BCUT2D eigenvalue weighted by atomic mass is 19.1. The Balaban J connectivity index is 0.927. The maximum Gasteiger partial charge on any atom is 0.271 e. The Bertz CT molecular complexity index is 1990. The molecule has 5 aromatic rings. The van der Waals surface area contributed by atoms with E-state index in [-0.39, 0.29) is 35.1 Å². The van der Waals surface area contributed by atoms with E-state index in [2.05, 4.69) is 55.1 Å². The molecule has 10 nitrogen and oxygen atoms in total. The van der Waals surface area contributed by atoms with Crippen molar-refractivity contribution >= 4 is 17.5 Å². The number of nitrogens with one attached hydrogen (secondary N) is 3. The molecule has 4 heterocycles. The average Bonchev–Trinajstić information content (AvgIpc) is 3.58. The van der Waals surface area contributed by atoms with Crippen LogP contribution in [0.4, 0.5) is 8.78 Å². The number of aryl methyl sites for hydroxylation is 1.